The van der Waals surface area contributed by atoms with Gasteiger partial charge in [-0.1, -0.05) is 157 Å². The van der Waals surface area contributed by atoms with Gasteiger partial charge in [0.05, 0.1) is 0 Å². The van der Waals surface area contributed by atoms with Gasteiger partial charge in [-0.3, -0.25) is 0 Å². The average Bonchev–Trinajstić information content (AvgIpc) is 3.65. The van der Waals surface area contributed by atoms with Crippen molar-refractivity contribution >= 4 is 79.2 Å². The largest absolute Gasteiger partial charge is 0.455 e. The minimum Gasteiger partial charge on any atom is -0.455 e. The summed E-state index contributed by atoms with van der Waals surface area (Å²) in [5.74, 6) is 0. The van der Waals surface area contributed by atoms with E-state index in [4.69, 9.17) is 4.42 Å². The van der Waals surface area contributed by atoms with E-state index in [9.17, 15) is 0 Å². The molecule has 1 aromatic heterocycles. The third-order valence-corrected chi connectivity index (χ3v) is 13.0. The first-order chi connectivity index (χ1) is 29.4. The van der Waals surface area contributed by atoms with Gasteiger partial charge in [0.2, 0.25) is 0 Å². The second-order valence-electron chi connectivity index (χ2n) is 19.1. The minimum absolute atomic E-state index is 0.0151. The highest BCUT2D eigenvalue weighted by Crippen LogP contribution is 2.46. The van der Waals surface area contributed by atoms with E-state index in [0.717, 1.165) is 44.4 Å². The van der Waals surface area contributed by atoms with Crippen molar-refractivity contribution in [3.05, 3.63) is 187 Å². The molecule has 0 bridgehead atoms. The summed E-state index contributed by atoms with van der Waals surface area (Å²) < 4.78 is 6.49. The Morgan fingerprint density at radius 2 is 0.951 bits per heavy atom. The van der Waals surface area contributed by atoms with Gasteiger partial charge < -0.3 is 14.2 Å². The lowest BCUT2D eigenvalue weighted by Crippen LogP contribution is -2.61. The predicted molar refractivity (Wildman–Crippen MR) is 261 cm³/mol. The maximum atomic E-state index is 6.49. The molecule has 2 aliphatic rings. The zero-order valence-electron chi connectivity index (χ0n) is 36.0. The monoisotopic (exact) mass is 788 g/mol. The molecule has 0 saturated heterocycles. The van der Waals surface area contributed by atoms with Crippen molar-refractivity contribution in [1.82, 2.24) is 0 Å². The van der Waals surface area contributed by atoms with Crippen LogP contribution in [0.1, 0.15) is 58.2 Å². The molecule has 0 atom stereocenters. The first-order valence-electron chi connectivity index (χ1n) is 21.6. The lowest BCUT2D eigenvalue weighted by molar-refractivity contribution is 0.590. The van der Waals surface area contributed by atoms with E-state index in [1.807, 2.05) is 6.07 Å². The SMILES string of the molecule is Cc1cc2c3c(c1)N(c1ccc(-c4cccc5c4oc4ccccc45)cc1)c1ccc(C(C)(C)C)cc1B3c1cc(C(C)(C)C)ccc1N2c1ccc(-c2ccccc2)cc1. The van der Waals surface area contributed by atoms with Crippen LogP contribution < -0.4 is 26.2 Å². The second-order valence-corrected chi connectivity index (χ2v) is 19.1. The molecule has 11 rings (SSSR count). The molecule has 61 heavy (non-hydrogen) atoms. The fourth-order valence-corrected chi connectivity index (χ4v) is 9.83. The quantitative estimate of drug-likeness (QED) is 0.166. The molecule has 8 aromatic carbocycles. The Kier molecular flexibility index (Phi) is 8.32. The van der Waals surface area contributed by atoms with E-state index in [1.54, 1.807) is 0 Å². The Morgan fingerprint density at radius 1 is 0.443 bits per heavy atom. The summed E-state index contributed by atoms with van der Waals surface area (Å²) in [7, 11) is 0. The summed E-state index contributed by atoms with van der Waals surface area (Å²) in [6, 6.07) is 63.0. The predicted octanol–water partition coefficient (Wildman–Crippen LogP) is 13.9. The molecule has 0 saturated carbocycles. The van der Waals surface area contributed by atoms with Gasteiger partial charge in [0.1, 0.15) is 11.2 Å². The summed E-state index contributed by atoms with van der Waals surface area (Å²) in [6.07, 6.45) is 0. The Hall–Kier alpha value is -6.78. The van der Waals surface area contributed by atoms with Gasteiger partial charge in [0.15, 0.2) is 0 Å². The van der Waals surface area contributed by atoms with E-state index in [-0.39, 0.29) is 17.5 Å². The third-order valence-electron chi connectivity index (χ3n) is 13.0. The molecule has 3 heterocycles. The van der Waals surface area contributed by atoms with E-state index >= 15 is 0 Å². The van der Waals surface area contributed by atoms with Gasteiger partial charge in [-0.15, -0.1) is 0 Å². The van der Waals surface area contributed by atoms with Crippen molar-refractivity contribution in [3.63, 3.8) is 0 Å². The Bertz CT molecular complexity index is 3170. The van der Waals surface area contributed by atoms with Crippen LogP contribution in [0.25, 0.3) is 44.2 Å². The smallest absolute Gasteiger partial charge is 0.252 e. The van der Waals surface area contributed by atoms with Gasteiger partial charge in [0.25, 0.3) is 6.71 Å². The summed E-state index contributed by atoms with van der Waals surface area (Å²) >= 11 is 0. The van der Waals surface area contributed by atoms with Crippen LogP contribution >= 0.6 is 0 Å². The van der Waals surface area contributed by atoms with Gasteiger partial charge >= 0.3 is 0 Å². The standard InChI is InChI=1S/C57H49BN2O/c1-36-32-51-54-52(33-36)60(43-28-22-39(23-29-43)44-17-13-18-46-45-16-11-12-19-53(45)61-55(44)46)50-31-25-41(57(5,6)7)35-48(50)58(54)47-34-40(56(2,3)4)24-30-49(47)59(51)42-26-20-38(21-27-42)37-14-9-8-10-15-37/h8-35H,1-7H3. The van der Waals surface area contributed by atoms with Crippen LogP contribution in [0, 0.1) is 6.92 Å². The van der Waals surface area contributed by atoms with Crippen molar-refractivity contribution < 1.29 is 4.42 Å². The molecule has 0 radical (unpaired) electrons. The van der Waals surface area contributed by atoms with Crippen LogP contribution in [0.15, 0.2) is 174 Å². The van der Waals surface area contributed by atoms with Crippen molar-refractivity contribution in [2.45, 2.75) is 59.3 Å². The van der Waals surface area contributed by atoms with Crippen molar-refractivity contribution in [2.75, 3.05) is 9.80 Å². The maximum absolute atomic E-state index is 6.49. The van der Waals surface area contributed by atoms with E-state index < -0.39 is 0 Å². The molecule has 9 aromatic rings. The summed E-state index contributed by atoms with van der Waals surface area (Å²) in [5.41, 5.74) is 21.6. The molecule has 0 spiro atoms. The van der Waals surface area contributed by atoms with Crippen LogP contribution in [-0.4, -0.2) is 6.71 Å². The lowest BCUT2D eigenvalue weighted by atomic mass is 9.33. The van der Waals surface area contributed by atoms with Crippen LogP contribution in [0.3, 0.4) is 0 Å². The molecule has 3 nitrogen and oxygen atoms in total. The molecule has 0 amide bonds. The normalized spacial score (nSPS) is 13.4. The zero-order chi connectivity index (χ0) is 41.8. The number of hydrogen-bond acceptors (Lipinski definition) is 3. The molecule has 296 valence electrons. The van der Waals surface area contributed by atoms with Crippen molar-refractivity contribution in [2.24, 2.45) is 0 Å². The molecule has 0 unspecified atom stereocenters. The Balaban J connectivity index is 1.13. The number of para-hydroxylation sites is 2. The van der Waals surface area contributed by atoms with Crippen molar-refractivity contribution in [1.29, 1.82) is 0 Å². The Morgan fingerprint density at radius 3 is 1.52 bits per heavy atom. The fourth-order valence-electron chi connectivity index (χ4n) is 9.83. The highest BCUT2D eigenvalue weighted by atomic mass is 16.3. The topological polar surface area (TPSA) is 19.6 Å². The third kappa shape index (κ3) is 6.03. The number of fused-ring (bicyclic) bond motifs is 7. The minimum atomic E-state index is -0.0210. The molecule has 2 aliphatic heterocycles. The molecule has 4 heteroatoms. The number of nitrogens with zero attached hydrogens (tertiary/aromatic N) is 2. The van der Waals surface area contributed by atoms with Gasteiger partial charge in [-0.25, -0.2) is 0 Å². The number of rotatable bonds is 4. The van der Waals surface area contributed by atoms with Crippen LogP contribution in [-0.2, 0) is 10.8 Å². The fraction of sp³-hybridized carbons (Fsp3) is 0.158. The molecule has 0 aliphatic carbocycles. The second kappa shape index (κ2) is 13.6. The number of hydrogen-bond donors (Lipinski definition) is 0. The molecular formula is C57H49BN2O. The van der Waals surface area contributed by atoms with E-state index in [1.165, 1.54) is 67.0 Å². The van der Waals surface area contributed by atoms with Crippen LogP contribution in [0.2, 0.25) is 0 Å². The number of furan rings is 1. The van der Waals surface area contributed by atoms with Crippen molar-refractivity contribution in [3.8, 4) is 22.3 Å². The average molecular weight is 789 g/mol. The molecular weight excluding hydrogens is 739 g/mol. The molecule has 0 fully saturated rings. The summed E-state index contributed by atoms with van der Waals surface area (Å²) in [5, 5.41) is 2.29. The van der Waals surface area contributed by atoms with Gasteiger partial charge in [-0.2, -0.15) is 0 Å². The first-order valence-corrected chi connectivity index (χ1v) is 21.6. The number of aryl methyl sites for hydroxylation is 1. The highest BCUT2D eigenvalue weighted by molar-refractivity contribution is 7.00. The zero-order valence-corrected chi connectivity index (χ0v) is 36.0. The first kappa shape index (κ1) is 37.2. The lowest BCUT2D eigenvalue weighted by Gasteiger charge is -2.45. The van der Waals surface area contributed by atoms with Gasteiger partial charge in [0, 0.05) is 50.5 Å². The van der Waals surface area contributed by atoms with Crippen LogP contribution in [0.5, 0.6) is 0 Å². The van der Waals surface area contributed by atoms with Crippen LogP contribution in [0.4, 0.5) is 34.1 Å². The Labute approximate surface area is 360 Å². The highest BCUT2D eigenvalue weighted by Gasteiger charge is 2.44. The number of benzene rings is 8. The summed E-state index contributed by atoms with van der Waals surface area (Å²) in [6.45, 7) is 16.2. The summed E-state index contributed by atoms with van der Waals surface area (Å²) in [4.78, 5) is 5.04. The molecule has 0 N–H and O–H groups in total. The maximum Gasteiger partial charge on any atom is 0.252 e. The van der Waals surface area contributed by atoms with E-state index in [0.29, 0.717) is 0 Å². The number of anilines is 6. The van der Waals surface area contributed by atoms with E-state index in [2.05, 4.69) is 222 Å². The van der Waals surface area contributed by atoms with Gasteiger partial charge in [-0.05, 0) is 122 Å².